The number of aromatic nitrogens is 3. The van der Waals surface area contributed by atoms with Crippen LogP contribution in [-0.4, -0.2) is 121 Å². The van der Waals surface area contributed by atoms with Crippen LogP contribution in [0.3, 0.4) is 0 Å². The van der Waals surface area contributed by atoms with Gasteiger partial charge in [-0.25, -0.2) is 18.0 Å². The zero-order valence-electron chi connectivity index (χ0n) is 38.6. The molecule has 17 heteroatoms. The summed E-state index contributed by atoms with van der Waals surface area (Å²) in [6.45, 7) is 20.4. The zero-order chi connectivity index (χ0) is 45.9. The van der Waals surface area contributed by atoms with E-state index < -0.39 is 55.6 Å². The van der Waals surface area contributed by atoms with Crippen molar-refractivity contribution in [2.24, 2.45) is 0 Å². The second-order valence-corrected chi connectivity index (χ2v) is 26.4. The van der Waals surface area contributed by atoms with Crippen LogP contribution in [0.1, 0.15) is 93.6 Å². The number of carbonyl (C=O) groups excluding carboxylic acids is 1. The highest BCUT2D eigenvalue weighted by Gasteiger charge is 2.52. The lowest BCUT2D eigenvalue weighted by Crippen LogP contribution is -2.58. The Kier molecular flexibility index (Phi) is 12.8. The number of nitrogens with zero attached hydrogens (tertiary/aromatic N) is 6. The minimum atomic E-state index is -2.27. The molecule has 2 aromatic heterocycles. The third-order valence-electron chi connectivity index (χ3n) is 13.7. The van der Waals surface area contributed by atoms with Crippen molar-refractivity contribution < 1.29 is 41.7 Å². The average Bonchev–Trinajstić information content (AvgIpc) is 3.94. The average molecular weight is 923 g/mol. The molecule has 64 heavy (non-hydrogen) atoms. The summed E-state index contributed by atoms with van der Waals surface area (Å²) in [6.07, 6.45) is -0.489. The minimum absolute atomic E-state index is 0.0269. The third-order valence-corrected chi connectivity index (χ3v) is 20.8. The van der Waals surface area contributed by atoms with E-state index in [0.717, 1.165) is 30.7 Å². The molecule has 0 aliphatic carbocycles. The summed E-state index contributed by atoms with van der Waals surface area (Å²) in [5.74, 6) is 3.98. The van der Waals surface area contributed by atoms with E-state index in [9.17, 15) is 9.18 Å². The summed E-state index contributed by atoms with van der Waals surface area (Å²) in [5, 5.41) is 1.30. The van der Waals surface area contributed by atoms with E-state index in [1.807, 2.05) is 4.90 Å². The van der Waals surface area contributed by atoms with Gasteiger partial charge in [-0.2, -0.15) is 15.0 Å². The highest BCUT2D eigenvalue weighted by atomic mass is 32.1. The fourth-order valence-corrected chi connectivity index (χ4v) is 16.9. The topological polar surface area (TPSA) is 112 Å². The number of methoxy groups -OCH3 is 1. The van der Waals surface area contributed by atoms with Crippen LogP contribution in [0, 0.1) is 17.3 Å². The zero-order valence-corrected chi connectivity index (χ0v) is 40.4. The van der Waals surface area contributed by atoms with Gasteiger partial charge in [0.05, 0.1) is 23.2 Å². The number of amides is 1. The maximum Gasteiger partial charge on any atom is 0.411 e. The molecule has 0 N–H and O–H groups in total. The molecule has 2 aromatic carbocycles. The number of carbonyl (C=O) groups is 1. The molecular weight excluding hydrogens is 862 g/mol. The summed E-state index contributed by atoms with van der Waals surface area (Å²) in [6, 6.07) is 5.38. The molecule has 4 saturated heterocycles. The number of rotatable bonds is 12. The number of anilines is 1. The van der Waals surface area contributed by atoms with E-state index in [1.54, 1.807) is 39.0 Å². The van der Waals surface area contributed by atoms with E-state index in [0.29, 0.717) is 62.3 Å². The molecule has 5 atom stereocenters. The van der Waals surface area contributed by atoms with E-state index in [-0.39, 0.29) is 55.4 Å². The fourth-order valence-electron chi connectivity index (χ4n) is 10.9. The molecule has 0 spiro atoms. The maximum atomic E-state index is 16.2. The Balaban J connectivity index is 1.22. The monoisotopic (exact) mass is 922 g/mol. The first-order chi connectivity index (χ1) is 30.3. The molecule has 12 nitrogen and oxygen atoms in total. The Bertz CT molecular complexity index is 2430. The van der Waals surface area contributed by atoms with Gasteiger partial charge < -0.3 is 28.6 Å². The van der Waals surface area contributed by atoms with Gasteiger partial charge in [-0.1, -0.05) is 64.9 Å². The van der Waals surface area contributed by atoms with Crippen LogP contribution < -0.4 is 19.1 Å². The van der Waals surface area contributed by atoms with Crippen LogP contribution >= 0.6 is 11.3 Å². The number of benzene rings is 2. The first-order valence-electron chi connectivity index (χ1n) is 22.5. The van der Waals surface area contributed by atoms with E-state index in [1.165, 1.54) is 18.1 Å². The highest BCUT2D eigenvalue weighted by Crippen LogP contribution is 2.45. The van der Waals surface area contributed by atoms with Crippen LogP contribution in [-0.2, 0) is 9.47 Å². The SMILES string of the molecule is COCOc1cc(Oc2nc3c(N4C[C@H]5CC(F)[C@@H](C4)N5C(=O)OC(C)(C)C)nc(OC[C@@]45CCCN4C[C@H](F)C5)nc3s2)c2c(C#C[Si](C(C)C)(C(C)C)C(C)C)c(F)ccc2c1. The second-order valence-electron chi connectivity index (χ2n) is 19.8. The smallest absolute Gasteiger partial charge is 0.411 e. The molecule has 0 saturated carbocycles. The number of halogens is 3. The number of fused-ring (bicyclic) bond motifs is 5. The maximum absolute atomic E-state index is 16.2. The van der Waals surface area contributed by atoms with Gasteiger partial charge in [-0.3, -0.25) is 9.80 Å². The molecule has 4 aliphatic rings. The predicted molar refractivity (Wildman–Crippen MR) is 246 cm³/mol. The van der Waals surface area contributed by atoms with Gasteiger partial charge in [-0.15, -0.1) is 5.54 Å². The Morgan fingerprint density at radius 2 is 1.77 bits per heavy atom. The molecule has 0 radical (unpaired) electrons. The summed E-state index contributed by atoms with van der Waals surface area (Å²) < 4.78 is 76.7. The van der Waals surface area contributed by atoms with Gasteiger partial charge in [-0.05, 0) is 74.3 Å². The van der Waals surface area contributed by atoms with Crippen molar-refractivity contribution in [2.75, 3.05) is 51.6 Å². The number of hydrogen-bond donors (Lipinski definition) is 0. The molecule has 4 aromatic rings. The molecule has 4 aliphatic heterocycles. The number of hydrogen-bond acceptors (Lipinski definition) is 12. The van der Waals surface area contributed by atoms with Crippen LogP contribution in [0.2, 0.25) is 16.6 Å². The van der Waals surface area contributed by atoms with Crippen LogP contribution in [0.5, 0.6) is 22.7 Å². The number of alkyl halides is 2. The molecular formula is C47H61F3N6O6SSi. The number of piperazine rings is 1. The van der Waals surface area contributed by atoms with Crippen molar-refractivity contribution in [1.82, 2.24) is 24.8 Å². The summed E-state index contributed by atoms with van der Waals surface area (Å²) in [5.41, 5.74) is 4.09. The van der Waals surface area contributed by atoms with Crippen molar-refractivity contribution in [3.05, 3.63) is 35.6 Å². The lowest BCUT2D eigenvalue weighted by molar-refractivity contribution is 0.00951. The van der Waals surface area contributed by atoms with Crippen LogP contribution in [0.4, 0.5) is 23.8 Å². The first-order valence-corrected chi connectivity index (χ1v) is 25.6. The molecule has 6 heterocycles. The molecule has 1 unspecified atom stereocenters. The Morgan fingerprint density at radius 3 is 2.45 bits per heavy atom. The Hall–Kier alpha value is -4.37. The van der Waals surface area contributed by atoms with Gasteiger partial charge in [0, 0.05) is 51.0 Å². The fraction of sp³-hybridized carbons (Fsp3) is 0.617. The predicted octanol–water partition coefficient (Wildman–Crippen LogP) is 10.2. The molecule has 4 fully saturated rings. The van der Waals surface area contributed by atoms with Gasteiger partial charge in [0.15, 0.2) is 17.4 Å². The summed E-state index contributed by atoms with van der Waals surface area (Å²) in [7, 11) is -0.748. The van der Waals surface area contributed by atoms with Crippen molar-refractivity contribution in [3.8, 4) is 34.2 Å². The summed E-state index contributed by atoms with van der Waals surface area (Å²) in [4.78, 5) is 34.1. The van der Waals surface area contributed by atoms with Crippen molar-refractivity contribution in [1.29, 1.82) is 0 Å². The van der Waals surface area contributed by atoms with Crippen molar-refractivity contribution in [3.63, 3.8) is 0 Å². The van der Waals surface area contributed by atoms with Crippen LogP contribution in [0.25, 0.3) is 21.1 Å². The number of thiazole rings is 1. The van der Waals surface area contributed by atoms with E-state index >= 15 is 8.78 Å². The lowest BCUT2D eigenvalue weighted by Gasteiger charge is -2.41. The highest BCUT2D eigenvalue weighted by molar-refractivity contribution is 7.19. The number of ether oxygens (including phenoxy) is 5. The molecule has 2 bridgehead atoms. The van der Waals surface area contributed by atoms with E-state index in [2.05, 4.69) is 57.9 Å². The second kappa shape index (κ2) is 17.8. The van der Waals surface area contributed by atoms with E-state index in [4.69, 9.17) is 38.6 Å². The Labute approximate surface area is 379 Å². The molecule has 1 amide bonds. The first kappa shape index (κ1) is 46.2. The largest absolute Gasteiger partial charge is 0.467 e. The third kappa shape index (κ3) is 8.71. The van der Waals surface area contributed by atoms with Crippen molar-refractivity contribution in [2.45, 2.75) is 140 Å². The quantitative estimate of drug-likeness (QED) is 0.0769. The lowest BCUT2D eigenvalue weighted by atomic mass is 9.95. The van der Waals surface area contributed by atoms with Crippen molar-refractivity contribution >= 4 is 52.4 Å². The summed E-state index contributed by atoms with van der Waals surface area (Å²) >= 11 is 1.15. The van der Waals surface area contributed by atoms with Crippen LogP contribution in [0.15, 0.2) is 24.3 Å². The normalized spacial score (nSPS) is 23.7. The van der Waals surface area contributed by atoms with Gasteiger partial charge in [0.1, 0.15) is 55.5 Å². The standard InChI is InChI=1S/C47H61F3N6O6SSi/c1-27(2)64(28(3)4,29(5)6)17-14-34-35(49)13-12-30-18-33(60-26-58-10)20-38(39(30)34)61-44-51-40-41(54-23-32-19-36(50)37(24-54)56(32)45(57)62-46(7,8)9)52-43(53-42(40)63-44)59-25-47-15-11-16-55(47)22-31(48)21-47/h12-13,18,20,27-29,31-32,36-37H,11,15-16,19,21-26H2,1-10H3/t31-,32-,36?,37-,47+/m1/s1. The van der Waals surface area contributed by atoms with Gasteiger partial charge >= 0.3 is 12.1 Å². The molecule has 8 rings (SSSR count). The Morgan fingerprint density at radius 1 is 1.02 bits per heavy atom. The van der Waals surface area contributed by atoms with Gasteiger partial charge in [0.2, 0.25) is 0 Å². The minimum Gasteiger partial charge on any atom is -0.467 e. The van der Waals surface area contributed by atoms with Gasteiger partial charge in [0.25, 0.3) is 5.19 Å². The molecule has 346 valence electrons.